The van der Waals surface area contributed by atoms with Crippen LogP contribution < -0.4 is 0 Å². The first-order valence-electron chi connectivity index (χ1n) is 7.41. The third-order valence-electron chi connectivity index (χ3n) is 3.59. The molecule has 0 aliphatic carbocycles. The molecular formula is C17H20N2O2S. The Bertz CT molecular complexity index is 588. The number of carbonyl (C=O) groups excluding carboxylic acids is 2. The maximum absolute atomic E-state index is 12.5. The molecule has 0 aromatic heterocycles. The van der Waals surface area contributed by atoms with Gasteiger partial charge in [-0.3, -0.25) is 9.59 Å². The molecule has 0 bridgehead atoms. The molecule has 0 N–H and O–H groups in total. The molecule has 1 aromatic rings. The molecule has 4 nitrogen and oxygen atoms in total. The molecule has 1 aliphatic heterocycles. The first-order valence-corrected chi connectivity index (χ1v) is 8.57. The Morgan fingerprint density at radius 3 is 2.59 bits per heavy atom. The zero-order valence-electron chi connectivity index (χ0n) is 12.9. The molecule has 2 rings (SSSR count). The molecule has 0 radical (unpaired) electrons. The summed E-state index contributed by atoms with van der Waals surface area (Å²) in [5, 5.41) is 0. The Hall–Kier alpha value is -1.93. The number of carbonyl (C=O) groups is 2. The van der Waals surface area contributed by atoms with Crippen molar-refractivity contribution in [2.45, 2.75) is 19.9 Å². The van der Waals surface area contributed by atoms with Gasteiger partial charge in [-0.05, 0) is 26.0 Å². The van der Waals surface area contributed by atoms with Crippen molar-refractivity contribution >= 4 is 23.6 Å². The highest BCUT2D eigenvalue weighted by atomic mass is 32.2. The van der Waals surface area contributed by atoms with Gasteiger partial charge in [-0.2, -0.15) is 0 Å². The van der Waals surface area contributed by atoms with Gasteiger partial charge in [0.05, 0.1) is 5.88 Å². The van der Waals surface area contributed by atoms with Crippen molar-refractivity contribution in [2.75, 3.05) is 24.7 Å². The molecule has 5 heteroatoms. The first-order chi connectivity index (χ1) is 10.7. The number of rotatable bonds is 3. The number of nitrogens with zero attached hydrogens (tertiary/aromatic N) is 2. The van der Waals surface area contributed by atoms with Crippen LogP contribution in [0.3, 0.4) is 0 Å². The Morgan fingerprint density at radius 2 is 1.95 bits per heavy atom. The van der Waals surface area contributed by atoms with E-state index < -0.39 is 0 Å². The second-order valence-electron chi connectivity index (χ2n) is 4.92. The average Bonchev–Trinajstić information content (AvgIpc) is 3.04. The minimum atomic E-state index is -0.387. The maximum Gasteiger partial charge on any atom is 0.300 e. The molecule has 1 fully saturated rings. The van der Waals surface area contributed by atoms with Gasteiger partial charge >= 0.3 is 0 Å². The summed E-state index contributed by atoms with van der Waals surface area (Å²) in [6, 6.07) is 9.00. The molecule has 2 amide bonds. The van der Waals surface area contributed by atoms with Gasteiger partial charge in [-0.15, -0.1) is 11.8 Å². The molecule has 116 valence electrons. The van der Waals surface area contributed by atoms with E-state index in [1.807, 2.05) is 44.2 Å². The van der Waals surface area contributed by atoms with E-state index in [0.29, 0.717) is 24.7 Å². The van der Waals surface area contributed by atoms with Crippen LogP contribution in [0.5, 0.6) is 0 Å². The third kappa shape index (κ3) is 3.83. The lowest BCUT2D eigenvalue weighted by molar-refractivity contribution is -0.140. The van der Waals surface area contributed by atoms with E-state index in [-0.39, 0.29) is 17.9 Å². The zero-order valence-corrected chi connectivity index (χ0v) is 13.7. The van der Waals surface area contributed by atoms with E-state index >= 15 is 0 Å². The third-order valence-corrected chi connectivity index (χ3v) is 4.60. The van der Waals surface area contributed by atoms with Crippen molar-refractivity contribution in [3.8, 4) is 11.8 Å². The Labute approximate surface area is 135 Å². The van der Waals surface area contributed by atoms with Crippen molar-refractivity contribution in [1.82, 2.24) is 9.80 Å². The fraction of sp³-hybridized carbons (Fsp3) is 0.412. The largest absolute Gasteiger partial charge is 0.341 e. The van der Waals surface area contributed by atoms with Gasteiger partial charge in [0.2, 0.25) is 5.91 Å². The van der Waals surface area contributed by atoms with Gasteiger partial charge in [-0.1, -0.05) is 24.1 Å². The predicted octanol–water partition coefficient (Wildman–Crippen LogP) is 1.81. The van der Waals surface area contributed by atoms with Crippen molar-refractivity contribution in [2.24, 2.45) is 0 Å². The molecule has 1 heterocycles. The normalized spacial score (nSPS) is 16.8. The standard InChI is InChI=1S/C17H20N2O2S/c1-3-18(4-2)17(21)15-12-22-13-19(15)16(20)11-10-14-8-6-5-7-9-14/h5-9,15H,3-4,12-13H2,1-2H3/t15-/m1/s1. The highest BCUT2D eigenvalue weighted by Crippen LogP contribution is 2.22. The number of hydrogen-bond acceptors (Lipinski definition) is 3. The number of hydrogen-bond donors (Lipinski definition) is 0. The van der Waals surface area contributed by atoms with Gasteiger partial charge in [-0.25, -0.2) is 0 Å². The van der Waals surface area contributed by atoms with Crippen LogP contribution in [-0.4, -0.2) is 52.4 Å². The van der Waals surface area contributed by atoms with Crippen LogP contribution in [0.25, 0.3) is 0 Å². The molecule has 0 saturated carbocycles. The van der Waals surface area contributed by atoms with Crippen molar-refractivity contribution in [1.29, 1.82) is 0 Å². The maximum atomic E-state index is 12.5. The van der Waals surface area contributed by atoms with Gasteiger partial charge in [0.15, 0.2) is 0 Å². The lowest BCUT2D eigenvalue weighted by Gasteiger charge is -2.27. The van der Waals surface area contributed by atoms with Gasteiger partial charge < -0.3 is 9.80 Å². The zero-order chi connectivity index (χ0) is 15.9. The second-order valence-corrected chi connectivity index (χ2v) is 5.92. The van der Waals surface area contributed by atoms with Crippen molar-refractivity contribution in [3.63, 3.8) is 0 Å². The fourth-order valence-electron chi connectivity index (χ4n) is 2.31. The average molecular weight is 316 g/mol. The van der Waals surface area contributed by atoms with E-state index in [0.717, 1.165) is 5.56 Å². The highest BCUT2D eigenvalue weighted by molar-refractivity contribution is 7.99. The van der Waals surface area contributed by atoms with Crippen LogP contribution in [-0.2, 0) is 9.59 Å². The first kappa shape index (κ1) is 16.4. The van der Waals surface area contributed by atoms with E-state index in [9.17, 15) is 9.59 Å². The van der Waals surface area contributed by atoms with E-state index in [4.69, 9.17) is 0 Å². The van der Waals surface area contributed by atoms with Crippen molar-refractivity contribution in [3.05, 3.63) is 35.9 Å². The minimum absolute atomic E-state index is 0.0184. The fourth-order valence-corrected chi connectivity index (χ4v) is 3.46. The van der Waals surface area contributed by atoms with Crippen LogP contribution in [0.1, 0.15) is 19.4 Å². The number of likely N-dealkylation sites (N-methyl/N-ethyl adjacent to an activating group) is 1. The molecule has 22 heavy (non-hydrogen) atoms. The molecule has 1 aromatic carbocycles. The predicted molar refractivity (Wildman–Crippen MR) is 89.2 cm³/mol. The summed E-state index contributed by atoms with van der Waals surface area (Å²) in [6.07, 6.45) is 0. The van der Waals surface area contributed by atoms with Gasteiger partial charge in [0.1, 0.15) is 6.04 Å². The Kier molecular flexibility index (Phi) is 5.91. The number of amides is 2. The van der Waals surface area contributed by atoms with E-state index in [1.165, 1.54) is 0 Å². The molecule has 0 unspecified atom stereocenters. The Morgan fingerprint density at radius 1 is 1.27 bits per heavy atom. The summed E-state index contributed by atoms with van der Waals surface area (Å²) in [5.41, 5.74) is 0.800. The topological polar surface area (TPSA) is 40.6 Å². The smallest absolute Gasteiger partial charge is 0.300 e. The SMILES string of the molecule is CCN(CC)C(=O)[C@H]1CSCN1C(=O)C#Cc1ccccc1. The highest BCUT2D eigenvalue weighted by Gasteiger charge is 2.35. The molecule has 1 saturated heterocycles. The van der Waals surface area contributed by atoms with Crippen LogP contribution in [0, 0.1) is 11.8 Å². The van der Waals surface area contributed by atoms with Crippen LogP contribution in [0.15, 0.2) is 30.3 Å². The summed E-state index contributed by atoms with van der Waals surface area (Å²) in [6.45, 7) is 5.22. The molecular weight excluding hydrogens is 296 g/mol. The molecule has 1 atom stereocenters. The van der Waals surface area contributed by atoms with Crippen molar-refractivity contribution < 1.29 is 9.59 Å². The van der Waals surface area contributed by atoms with E-state index in [1.54, 1.807) is 21.6 Å². The second kappa shape index (κ2) is 7.90. The summed E-state index contributed by atoms with van der Waals surface area (Å²) in [5.74, 6) is 6.43. The summed E-state index contributed by atoms with van der Waals surface area (Å²) >= 11 is 1.60. The monoisotopic (exact) mass is 316 g/mol. The summed E-state index contributed by atoms with van der Waals surface area (Å²) in [4.78, 5) is 28.1. The molecule has 1 aliphatic rings. The molecule has 0 spiro atoms. The quantitative estimate of drug-likeness (QED) is 0.799. The van der Waals surface area contributed by atoms with Gasteiger partial charge in [0, 0.05) is 30.3 Å². The van der Waals surface area contributed by atoms with Crippen LogP contribution in [0.2, 0.25) is 0 Å². The van der Waals surface area contributed by atoms with Crippen LogP contribution in [0.4, 0.5) is 0 Å². The van der Waals surface area contributed by atoms with E-state index in [2.05, 4.69) is 11.8 Å². The number of thioether (sulfide) groups is 1. The lowest BCUT2D eigenvalue weighted by Crippen LogP contribution is -2.48. The summed E-state index contributed by atoms with van der Waals surface area (Å²) < 4.78 is 0. The number of benzene rings is 1. The van der Waals surface area contributed by atoms with Crippen LogP contribution >= 0.6 is 11.8 Å². The lowest BCUT2D eigenvalue weighted by atomic mass is 10.2. The minimum Gasteiger partial charge on any atom is -0.341 e. The summed E-state index contributed by atoms with van der Waals surface area (Å²) in [7, 11) is 0. The van der Waals surface area contributed by atoms with Gasteiger partial charge in [0.25, 0.3) is 5.91 Å². The Balaban J connectivity index is 2.09.